The predicted octanol–water partition coefficient (Wildman–Crippen LogP) is 3.48. The Balaban J connectivity index is 1.74. The van der Waals surface area contributed by atoms with Crippen LogP contribution in [-0.2, 0) is 20.7 Å². The molecule has 1 aromatic carbocycles. The van der Waals surface area contributed by atoms with Gasteiger partial charge in [0.15, 0.2) is 6.61 Å². The van der Waals surface area contributed by atoms with Crippen molar-refractivity contribution in [2.75, 3.05) is 11.9 Å². The molecule has 0 spiro atoms. The normalized spacial score (nSPS) is 10.3. The number of nitrogens with one attached hydrogen (secondary N) is 1. The molecule has 0 unspecified atom stereocenters. The summed E-state index contributed by atoms with van der Waals surface area (Å²) in [6.45, 7) is 3.67. The molecule has 2 rings (SSSR count). The number of carbonyl (C=O) groups is 2. The highest BCUT2D eigenvalue weighted by atomic mass is 32.1. The minimum Gasteiger partial charge on any atom is -0.456 e. The van der Waals surface area contributed by atoms with Crippen molar-refractivity contribution >= 4 is 28.9 Å². The number of esters is 1. The second-order valence-electron chi connectivity index (χ2n) is 5.11. The Kier molecular flexibility index (Phi) is 5.72. The molecule has 0 aliphatic rings. The van der Waals surface area contributed by atoms with E-state index in [1.54, 1.807) is 11.3 Å². The van der Waals surface area contributed by atoms with Gasteiger partial charge in [-0.2, -0.15) is 0 Å². The molecule has 0 aliphatic carbocycles. The van der Waals surface area contributed by atoms with E-state index in [1.807, 2.05) is 49.6 Å². The molecule has 0 saturated heterocycles. The molecule has 0 aliphatic heterocycles. The molecule has 1 aromatic heterocycles. The standard InChI is InChI=1S/C17H19NO3S/c1-12-5-7-15(13(2)10-12)18-16(19)11-21-17(20)8-6-14-4-3-9-22-14/h3-5,7,9-10H,6,8,11H2,1-2H3,(H,18,19). The van der Waals surface area contributed by atoms with E-state index in [4.69, 9.17) is 4.74 Å². The second-order valence-corrected chi connectivity index (χ2v) is 6.14. The minimum absolute atomic E-state index is 0.253. The van der Waals surface area contributed by atoms with E-state index in [9.17, 15) is 9.59 Å². The average molecular weight is 317 g/mol. The molecule has 0 radical (unpaired) electrons. The topological polar surface area (TPSA) is 55.4 Å². The number of amides is 1. The van der Waals surface area contributed by atoms with Crippen molar-refractivity contribution < 1.29 is 14.3 Å². The fourth-order valence-electron chi connectivity index (χ4n) is 2.04. The summed E-state index contributed by atoms with van der Waals surface area (Å²) in [6.07, 6.45) is 0.937. The summed E-state index contributed by atoms with van der Waals surface area (Å²) in [6, 6.07) is 9.69. The lowest BCUT2D eigenvalue weighted by atomic mass is 10.1. The van der Waals surface area contributed by atoms with Crippen LogP contribution in [0.3, 0.4) is 0 Å². The van der Waals surface area contributed by atoms with Crippen molar-refractivity contribution in [2.45, 2.75) is 26.7 Å². The first-order valence-corrected chi connectivity index (χ1v) is 7.97. The number of thiophene rings is 1. The van der Waals surface area contributed by atoms with Gasteiger partial charge in [-0.25, -0.2) is 0 Å². The molecule has 0 saturated carbocycles. The molecule has 1 N–H and O–H groups in total. The van der Waals surface area contributed by atoms with Gasteiger partial charge in [0, 0.05) is 10.6 Å². The van der Waals surface area contributed by atoms with Gasteiger partial charge in [-0.15, -0.1) is 11.3 Å². The van der Waals surface area contributed by atoms with Crippen LogP contribution in [0, 0.1) is 13.8 Å². The highest BCUT2D eigenvalue weighted by Crippen LogP contribution is 2.16. The Bertz CT molecular complexity index is 650. The second kappa shape index (κ2) is 7.75. The number of hydrogen-bond acceptors (Lipinski definition) is 4. The van der Waals surface area contributed by atoms with Crippen molar-refractivity contribution in [2.24, 2.45) is 0 Å². The predicted molar refractivity (Wildman–Crippen MR) is 88.1 cm³/mol. The number of benzene rings is 1. The molecule has 0 fully saturated rings. The molecule has 22 heavy (non-hydrogen) atoms. The number of aryl methyl sites for hydroxylation is 3. The highest BCUT2D eigenvalue weighted by Gasteiger charge is 2.09. The molecule has 0 bridgehead atoms. The van der Waals surface area contributed by atoms with Crippen LogP contribution in [0.2, 0.25) is 0 Å². The average Bonchev–Trinajstić information content (AvgIpc) is 2.99. The maximum Gasteiger partial charge on any atom is 0.306 e. The quantitative estimate of drug-likeness (QED) is 0.830. The number of rotatable bonds is 6. The van der Waals surface area contributed by atoms with E-state index in [2.05, 4.69) is 5.32 Å². The third-order valence-electron chi connectivity index (χ3n) is 3.18. The summed E-state index contributed by atoms with van der Waals surface area (Å²) in [4.78, 5) is 24.5. The molecular formula is C17H19NO3S. The lowest BCUT2D eigenvalue weighted by Gasteiger charge is -2.09. The number of anilines is 1. The Hall–Kier alpha value is -2.14. The molecule has 2 aromatic rings. The van der Waals surface area contributed by atoms with Crippen molar-refractivity contribution in [1.82, 2.24) is 0 Å². The van der Waals surface area contributed by atoms with E-state index in [1.165, 1.54) is 0 Å². The zero-order valence-electron chi connectivity index (χ0n) is 12.7. The first-order valence-electron chi connectivity index (χ1n) is 7.09. The molecule has 116 valence electrons. The van der Waals surface area contributed by atoms with E-state index < -0.39 is 0 Å². The van der Waals surface area contributed by atoms with Gasteiger partial charge < -0.3 is 10.1 Å². The van der Waals surface area contributed by atoms with Gasteiger partial charge in [-0.05, 0) is 43.3 Å². The van der Waals surface area contributed by atoms with Crippen LogP contribution >= 0.6 is 11.3 Å². The van der Waals surface area contributed by atoms with E-state index in [-0.39, 0.29) is 24.9 Å². The third-order valence-corrected chi connectivity index (χ3v) is 4.11. The minimum atomic E-state index is -0.357. The number of ether oxygens (including phenoxy) is 1. The van der Waals surface area contributed by atoms with E-state index >= 15 is 0 Å². The van der Waals surface area contributed by atoms with Crippen LogP contribution in [0.4, 0.5) is 5.69 Å². The Labute approximate surface area is 134 Å². The van der Waals surface area contributed by atoms with Crippen LogP contribution in [0.25, 0.3) is 0 Å². The Morgan fingerprint density at radius 3 is 2.73 bits per heavy atom. The van der Waals surface area contributed by atoms with Crippen molar-refractivity contribution in [3.05, 3.63) is 51.7 Å². The van der Waals surface area contributed by atoms with Crippen LogP contribution in [-0.4, -0.2) is 18.5 Å². The first-order chi connectivity index (χ1) is 10.5. The molecule has 1 amide bonds. The maximum atomic E-state index is 11.8. The van der Waals surface area contributed by atoms with Crippen LogP contribution < -0.4 is 5.32 Å². The smallest absolute Gasteiger partial charge is 0.306 e. The van der Waals surface area contributed by atoms with Crippen LogP contribution in [0.15, 0.2) is 35.7 Å². The zero-order valence-corrected chi connectivity index (χ0v) is 13.5. The van der Waals surface area contributed by atoms with Gasteiger partial charge in [-0.3, -0.25) is 9.59 Å². The van der Waals surface area contributed by atoms with E-state index in [0.29, 0.717) is 6.42 Å². The van der Waals surface area contributed by atoms with Gasteiger partial charge >= 0.3 is 5.97 Å². The summed E-state index contributed by atoms with van der Waals surface area (Å²) >= 11 is 1.61. The zero-order chi connectivity index (χ0) is 15.9. The molecule has 4 nitrogen and oxygen atoms in total. The highest BCUT2D eigenvalue weighted by molar-refractivity contribution is 7.09. The molecular weight excluding hydrogens is 298 g/mol. The third kappa shape index (κ3) is 5.00. The Morgan fingerprint density at radius 2 is 2.05 bits per heavy atom. The fourth-order valence-corrected chi connectivity index (χ4v) is 2.75. The van der Waals surface area contributed by atoms with Gasteiger partial charge in [0.1, 0.15) is 0 Å². The Morgan fingerprint density at radius 1 is 1.23 bits per heavy atom. The van der Waals surface area contributed by atoms with Crippen LogP contribution in [0.1, 0.15) is 22.4 Å². The summed E-state index contributed by atoms with van der Waals surface area (Å²) in [5.41, 5.74) is 2.86. The van der Waals surface area contributed by atoms with Gasteiger partial charge in [0.25, 0.3) is 5.91 Å². The maximum absolute atomic E-state index is 11.8. The lowest BCUT2D eigenvalue weighted by molar-refractivity contribution is -0.147. The number of hydrogen-bond donors (Lipinski definition) is 1. The van der Waals surface area contributed by atoms with Crippen LogP contribution in [0.5, 0.6) is 0 Å². The largest absolute Gasteiger partial charge is 0.456 e. The molecule has 0 atom stereocenters. The summed E-state index contributed by atoms with van der Waals surface area (Å²) in [5, 5.41) is 4.72. The van der Waals surface area contributed by atoms with Crippen molar-refractivity contribution in [3.63, 3.8) is 0 Å². The van der Waals surface area contributed by atoms with E-state index in [0.717, 1.165) is 21.7 Å². The first kappa shape index (κ1) is 16.2. The fraction of sp³-hybridized carbons (Fsp3) is 0.294. The summed E-state index contributed by atoms with van der Waals surface area (Å²) in [7, 11) is 0. The van der Waals surface area contributed by atoms with Gasteiger partial charge in [0.2, 0.25) is 0 Å². The van der Waals surface area contributed by atoms with Gasteiger partial charge in [-0.1, -0.05) is 23.8 Å². The van der Waals surface area contributed by atoms with Gasteiger partial charge in [0.05, 0.1) is 6.42 Å². The van der Waals surface area contributed by atoms with Crippen molar-refractivity contribution in [1.29, 1.82) is 0 Å². The molecule has 5 heteroatoms. The SMILES string of the molecule is Cc1ccc(NC(=O)COC(=O)CCc2cccs2)c(C)c1. The van der Waals surface area contributed by atoms with Crippen molar-refractivity contribution in [3.8, 4) is 0 Å². The monoisotopic (exact) mass is 317 g/mol. The summed E-state index contributed by atoms with van der Waals surface area (Å²) < 4.78 is 4.99. The summed E-state index contributed by atoms with van der Waals surface area (Å²) in [5.74, 6) is -0.680. The molecule has 1 heterocycles. The number of carbonyl (C=O) groups excluding carboxylic acids is 2. The lowest BCUT2D eigenvalue weighted by Crippen LogP contribution is -2.21.